The van der Waals surface area contributed by atoms with E-state index in [0.29, 0.717) is 12.6 Å². The number of rotatable bonds is 5. The maximum atomic E-state index is 13.5. The van der Waals surface area contributed by atoms with Crippen molar-refractivity contribution in [2.75, 3.05) is 5.73 Å². The predicted molar refractivity (Wildman–Crippen MR) is 72.7 cm³/mol. The van der Waals surface area contributed by atoms with Gasteiger partial charge >= 0.3 is 0 Å². The van der Waals surface area contributed by atoms with Gasteiger partial charge in [-0.25, -0.2) is 21.9 Å². The second-order valence-electron chi connectivity index (χ2n) is 4.29. The Bertz CT molecular complexity index is 759. The molecule has 1 aromatic carbocycles. The first-order valence-electron chi connectivity index (χ1n) is 6.10. The summed E-state index contributed by atoms with van der Waals surface area (Å²) in [7, 11) is -3.92. The fraction of sp³-hybridized carbons (Fsp3) is 0.250. The van der Waals surface area contributed by atoms with E-state index in [-0.39, 0.29) is 22.8 Å². The number of hydrogen-bond donors (Lipinski definition) is 2. The van der Waals surface area contributed by atoms with Gasteiger partial charge in [0.05, 0.1) is 0 Å². The SMILES string of the molecule is CCn1cc(S(=O)(=O)NCc2ccc(F)cc2F)c(N)n1. The van der Waals surface area contributed by atoms with Crippen LogP contribution in [0.4, 0.5) is 14.6 Å². The van der Waals surface area contributed by atoms with Crippen LogP contribution in [-0.4, -0.2) is 18.2 Å². The molecule has 114 valence electrons. The first-order valence-corrected chi connectivity index (χ1v) is 7.58. The van der Waals surface area contributed by atoms with Crippen LogP contribution in [-0.2, 0) is 23.1 Å². The van der Waals surface area contributed by atoms with E-state index in [1.54, 1.807) is 6.92 Å². The Morgan fingerprint density at radius 1 is 1.38 bits per heavy atom. The quantitative estimate of drug-likeness (QED) is 0.868. The molecule has 1 aromatic heterocycles. The summed E-state index contributed by atoms with van der Waals surface area (Å²) in [4.78, 5) is -0.174. The molecule has 0 aliphatic heterocycles. The summed E-state index contributed by atoms with van der Waals surface area (Å²) in [6, 6.07) is 2.91. The molecule has 0 unspecified atom stereocenters. The summed E-state index contributed by atoms with van der Waals surface area (Å²) < 4.78 is 54.0. The number of sulfonamides is 1. The molecule has 6 nitrogen and oxygen atoms in total. The minimum atomic E-state index is -3.92. The molecule has 0 saturated heterocycles. The Kier molecular flexibility index (Phi) is 4.24. The van der Waals surface area contributed by atoms with Gasteiger partial charge in [0, 0.05) is 30.9 Å². The van der Waals surface area contributed by atoms with E-state index < -0.39 is 21.7 Å². The number of nitrogens with one attached hydrogen (secondary N) is 1. The maximum absolute atomic E-state index is 13.5. The van der Waals surface area contributed by atoms with Crippen LogP contribution in [0.15, 0.2) is 29.3 Å². The number of benzene rings is 1. The zero-order chi connectivity index (χ0) is 15.6. The van der Waals surface area contributed by atoms with Crippen molar-refractivity contribution < 1.29 is 17.2 Å². The normalized spacial score (nSPS) is 11.8. The van der Waals surface area contributed by atoms with Gasteiger partial charge in [0.15, 0.2) is 5.82 Å². The lowest BCUT2D eigenvalue weighted by molar-refractivity contribution is 0.562. The third-order valence-corrected chi connectivity index (χ3v) is 4.25. The largest absolute Gasteiger partial charge is 0.381 e. The molecule has 21 heavy (non-hydrogen) atoms. The molecule has 3 N–H and O–H groups in total. The smallest absolute Gasteiger partial charge is 0.246 e. The molecule has 2 aromatic rings. The molecule has 0 spiro atoms. The summed E-state index contributed by atoms with van der Waals surface area (Å²) in [5.74, 6) is -1.69. The van der Waals surface area contributed by atoms with E-state index >= 15 is 0 Å². The average molecular weight is 316 g/mol. The monoisotopic (exact) mass is 316 g/mol. The number of anilines is 1. The molecular formula is C12H14F2N4O2S. The van der Waals surface area contributed by atoms with Gasteiger partial charge in [0.1, 0.15) is 16.5 Å². The fourth-order valence-corrected chi connectivity index (χ4v) is 2.78. The molecule has 0 radical (unpaired) electrons. The lowest BCUT2D eigenvalue weighted by Gasteiger charge is -2.06. The second-order valence-corrected chi connectivity index (χ2v) is 6.03. The van der Waals surface area contributed by atoms with Crippen molar-refractivity contribution in [3.8, 4) is 0 Å². The summed E-state index contributed by atoms with van der Waals surface area (Å²) in [6.07, 6.45) is 1.29. The number of hydrogen-bond acceptors (Lipinski definition) is 4. The summed E-state index contributed by atoms with van der Waals surface area (Å²) in [5.41, 5.74) is 5.58. The van der Waals surface area contributed by atoms with Crippen LogP contribution in [0.1, 0.15) is 12.5 Å². The van der Waals surface area contributed by atoms with Crippen molar-refractivity contribution in [2.24, 2.45) is 0 Å². The van der Waals surface area contributed by atoms with Gasteiger partial charge in [-0.3, -0.25) is 4.68 Å². The van der Waals surface area contributed by atoms with E-state index in [4.69, 9.17) is 5.73 Å². The fourth-order valence-electron chi connectivity index (χ4n) is 1.70. The van der Waals surface area contributed by atoms with Crippen LogP contribution < -0.4 is 10.5 Å². The molecule has 0 aliphatic rings. The van der Waals surface area contributed by atoms with Crippen LogP contribution >= 0.6 is 0 Å². The van der Waals surface area contributed by atoms with Crippen molar-refractivity contribution in [1.29, 1.82) is 0 Å². The molecule has 0 bridgehead atoms. The van der Waals surface area contributed by atoms with E-state index in [9.17, 15) is 17.2 Å². The highest BCUT2D eigenvalue weighted by atomic mass is 32.2. The Hall–Kier alpha value is -2.00. The second kappa shape index (κ2) is 5.78. The minimum absolute atomic E-state index is 0.0291. The number of nitrogens with zero attached hydrogens (tertiary/aromatic N) is 2. The van der Waals surface area contributed by atoms with Gasteiger partial charge < -0.3 is 5.73 Å². The third kappa shape index (κ3) is 3.37. The van der Waals surface area contributed by atoms with E-state index in [2.05, 4.69) is 9.82 Å². The Morgan fingerprint density at radius 3 is 2.67 bits per heavy atom. The third-order valence-electron chi connectivity index (χ3n) is 2.84. The van der Waals surface area contributed by atoms with E-state index in [1.807, 2.05) is 0 Å². The molecular weight excluding hydrogens is 302 g/mol. The first-order chi connectivity index (χ1) is 9.83. The molecule has 2 rings (SSSR count). The van der Waals surface area contributed by atoms with Crippen molar-refractivity contribution in [1.82, 2.24) is 14.5 Å². The number of nitrogen functional groups attached to an aromatic ring is 1. The summed E-state index contributed by atoms with van der Waals surface area (Å²) >= 11 is 0. The zero-order valence-electron chi connectivity index (χ0n) is 11.2. The molecule has 0 atom stereocenters. The molecule has 0 amide bonds. The highest BCUT2D eigenvalue weighted by molar-refractivity contribution is 7.89. The van der Waals surface area contributed by atoms with Crippen LogP contribution in [0.25, 0.3) is 0 Å². The van der Waals surface area contributed by atoms with E-state index in [1.165, 1.54) is 16.9 Å². The molecule has 0 aliphatic carbocycles. The van der Waals surface area contributed by atoms with Crippen LogP contribution in [0.3, 0.4) is 0 Å². The lowest BCUT2D eigenvalue weighted by atomic mass is 10.2. The number of aryl methyl sites for hydroxylation is 1. The van der Waals surface area contributed by atoms with Gasteiger partial charge in [-0.15, -0.1) is 0 Å². The Labute approximate surface area is 120 Å². The molecule has 0 fully saturated rings. The van der Waals surface area contributed by atoms with Crippen molar-refractivity contribution >= 4 is 15.8 Å². The zero-order valence-corrected chi connectivity index (χ0v) is 12.0. The van der Waals surface area contributed by atoms with Crippen molar-refractivity contribution in [3.05, 3.63) is 41.6 Å². The Morgan fingerprint density at radius 2 is 2.10 bits per heavy atom. The van der Waals surface area contributed by atoms with Crippen molar-refractivity contribution in [2.45, 2.75) is 24.9 Å². The highest BCUT2D eigenvalue weighted by Gasteiger charge is 2.21. The van der Waals surface area contributed by atoms with Gasteiger partial charge in [0.2, 0.25) is 10.0 Å². The Balaban J connectivity index is 2.19. The topological polar surface area (TPSA) is 90.0 Å². The van der Waals surface area contributed by atoms with E-state index in [0.717, 1.165) is 6.07 Å². The summed E-state index contributed by atoms with van der Waals surface area (Å²) in [6.45, 7) is 1.93. The minimum Gasteiger partial charge on any atom is -0.381 e. The number of nitrogens with two attached hydrogens (primary N) is 1. The van der Waals surface area contributed by atoms with Gasteiger partial charge in [-0.1, -0.05) is 6.07 Å². The standard InChI is InChI=1S/C12H14F2N4O2S/c1-2-18-7-11(12(15)17-18)21(19,20)16-6-8-3-4-9(13)5-10(8)14/h3-5,7,16H,2,6H2,1H3,(H2,15,17). The summed E-state index contributed by atoms with van der Waals surface area (Å²) in [5, 5.41) is 3.83. The van der Waals surface area contributed by atoms with Crippen LogP contribution in [0, 0.1) is 11.6 Å². The number of halogens is 2. The highest BCUT2D eigenvalue weighted by Crippen LogP contribution is 2.17. The molecule has 9 heteroatoms. The van der Waals surface area contributed by atoms with Crippen molar-refractivity contribution in [3.63, 3.8) is 0 Å². The maximum Gasteiger partial charge on any atom is 0.246 e. The first kappa shape index (κ1) is 15.4. The predicted octanol–water partition coefficient (Wildman–Crippen LogP) is 1.24. The lowest BCUT2D eigenvalue weighted by Crippen LogP contribution is -2.24. The average Bonchev–Trinajstić information content (AvgIpc) is 2.80. The van der Waals surface area contributed by atoms with Crippen LogP contribution in [0.5, 0.6) is 0 Å². The van der Waals surface area contributed by atoms with Gasteiger partial charge in [-0.05, 0) is 13.0 Å². The molecule has 0 saturated carbocycles. The molecule has 1 heterocycles. The van der Waals surface area contributed by atoms with Gasteiger partial charge in [-0.2, -0.15) is 5.10 Å². The van der Waals surface area contributed by atoms with Crippen LogP contribution in [0.2, 0.25) is 0 Å². The number of aromatic nitrogens is 2. The van der Waals surface area contributed by atoms with Gasteiger partial charge in [0.25, 0.3) is 0 Å².